The predicted octanol–water partition coefficient (Wildman–Crippen LogP) is 2.92. The van der Waals surface area contributed by atoms with Gasteiger partial charge >= 0.3 is 0 Å². The summed E-state index contributed by atoms with van der Waals surface area (Å²) >= 11 is 0. The second-order valence-corrected chi connectivity index (χ2v) is 5.04. The summed E-state index contributed by atoms with van der Waals surface area (Å²) in [5, 5.41) is 2.82. The molecule has 2 aromatic rings. The van der Waals surface area contributed by atoms with Gasteiger partial charge in [-0.3, -0.25) is 4.79 Å². The summed E-state index contributed by atoms with van der Waals surface area (Å²) in [5.74, 6) is 1.15. The Kier molecular flexibility index (Phi) is 3.74. The van der Waals surface area contributed by atoms with Gasteiger partial charge in [0, 0.05) is 5.56 Å². The maximum Gasteiger partial charge on any atom is 0.275 e. The van der Waals surface area contributed by atoms with Crippen molar-refractivity contribution in [2.75, 3.05) is 7.11 Å². The molecule has 1 N–H and O–H groups in total. The minimum Gasteiger partial charge on any atom is -0.497 e. The smallest absolute Gasteiger partial charge is 0.275 e. The Balaban J connectivity index is 1.96. The first-order valence-corrected chi connectivity index (χ1v) is 6.99. The van der Waals surface area contributed by atoms with Crippen LogP contribution < -0.4 is 10.1 Å². The van der Waals surface area contributed by atoms with Gasteiger partial charge in [0.25, 0.3) is 5.91 Å². The zero-order valence-electron chi connectivity index (χ0n) is 12.5. The Labute approximate surface area is 129 Å². The Morgan fingerprint density at radius 1 is 1.14 bits per heavy atom. The number of methoxy groups -OCH3 is 1. The van der Waals surface area contributed by atoms with Crippen molar-refractivity contribution in [2.24, 2.45) is 4.99 Å². The highest BCUT2D eigenvalue weighted by atomic mass is 16.5. The zero-order chi connectivity index (χ0) is 15.5. The Bertz CT molecular complexity index is 791. The largest absolute Gasteiger partial charge is 0.497 e. The van der Waals surface area contributed by atoms with Gasteiger partial charge in [-0.2, -0.15) is 0 Å². The first kappa shape index (κ1) is 14.1. The van der Waals surface area contributed by atoms with Crippen molar-refractivity contribution in [3.8, 4) is 5.75 Å². The number of amides is 1. The van der Waals surface area contributed by atoms with E-state index in [1.807, 2.05) is 55.5 Å². The summed E-state index contributed by atoms with van der Waals surface area (Å²) in [7, 11) is 1.61. The van der Waals surface area contributed by atoms with Crippen molar-refractivity contribution in [3.63, 3.8) is 0 Å². The minimum absolute atomic E-state index is 0.193. The van der Waals surface area contributed by atoms with Crippen LogP contribution >= 0.6 is 0 Å². The average Bonchev–Trinajstić information content (AvgIpc) is 2.89. The Morgan fingerprint density at radius 3 is 2.73 bits per heavy atom. The van der Waals surface area contributed by atoms with Gasteiger partial charge < -0.3 is 10.1 Å². The predicted molar refractivity (Wildman–Crippen MR) is 86.8 cm³/mol. The summed E-state index contributed by atoms with van der Waals surface area (Å²) in [5.41, 5.74) is 3.28. The lowest BCUT2D eigenvalue weighted by atomic mass is 10.1. The van der Waals surface area contributed by atoms with E-state index in [0.717, 1.165) is 22.4 Å². The molecule has 1 amide bonds. The van der Waals surface area contributed by atoms with Crippen molar-refractivity contribution in [2.45, 2.75) is 6.92 Å². The molecule has 1 heterocycles. The van der Waals surface area contributed by atoms with Crippen LogP contribution in [0.5, 0.6) is 5.75 Å². The molecule has 1 aliphatic heterocycles. The van der Waals surface area contributed by atoms with E-state index in [1.165, 1.54) is 0 Å². The van der Waals surface area contributed by atoms with Crippen LogP contribution in [0.15, 0.2) is 59.2 Å². The van der Waals surface area contributed by atoms with Crippen LogP contribution in [0.25, 0.3) is 6.08 Å². The van der Waals surface area contributed by atoms with Crippen molar-refractivity contribution < 1.29 is 9.53 Å². The summed E-state index contributed by atoms with van der Waals surface area (Å²) in [6.45, 7) is 1.99. The fourth-order valence-corrected chi connectivity index (χ4v) is 2.32. The van der Waals surface area contributed by atoms with Crippen LogP contribution in [-0.2, 0) is 4.79 Å². The van der Waals surface area contributed by atoms with Crippen LogP contribution in [0.2, 0.25) is 0 Å². The topological polar surface area (TPSA) is 50.7 Å². The maximum absolute atomic E-state index is 12.1. The van der Waals surface area contributed by atoms with Gasteiger partial charge in [-0.05, 0) is 36.3 Å². The normalized spacial score (nSPS) is 15.6. The third kappa shape index (κ3) is 2.76. The van der Waals surface area contributed by atoms with Crippen LogP contribution in [0.3, 0.4) is 0 Å². The van der Waals surface area contributed by atoms with Gasteiger partial charge in [-0.15, -0.1) is 0 Å². The van der Waals surface area contributed by atoms with Gasteiger partial charge in [-0.1, -0.05) is 36.4 Å². The summed E-state index contributed by atoms with van der Waals surface area (Å²) in [6.07, 6.45) is 1.75. The molecular formula is C18H16N2O2. The van der Waals surface area contributed by atoms with E-state index in [2.05, 4.69) is 10.3 Å². The van der Waals surface area contributed by atoms with Crippen LogP contribution in [0, 0.1) is 6.92 Å². The van der Waals surface area contributed by atoms with E-state index >= 15 is 0 Å². The van der Waals surface area contributed by atoms with Crippen molar-refractivity contribution >= 4 is 17.8 Å². The van der Waals surface area contributed by atoms with Crippen LogP contribution in [-0.4, -0.2) is 18.9 Å². The molecule has 1 aliphatic rings. The highest BCUT2D eigenvalue weighted by Gasteiger charge is 2.21. The number of hydrogen-bond donors (Lipinski definition) is 1. The molecular weight excluding hydrogens is 276 g/mol. The third-order valence-electron chi connectivity index (χ3n) is 3.49. The molecule has 0 unspecified atom stereocenters. The van der Waals surface area contributed by atoms with Crippen molar-refractivity contribution in [1.29, 1.82) is 0 Å². The quantitative estimate of drug-likeness (QED) is 0.884. The van der Waals surface area contributed by atoms with E-state index in [1.54, 1.807) is 13.2 Å². The first-order valence-electron chi connectivity index (χ1n) is 6.99. The number of nitrogens with zero attached hydrogens (tertiary/aromatic N) is 1. The number of benzene rings is 2. The lowest BCUT2D eigenvalue weighted by molar-refractivity contribution is -0.115. The second kappa shape index (κ2) is 5.85. The van der Waals surface area contributed by atoms with E-state index in [0.29, 0.717) is 11.5 Å². The molecule has 4 nitrogen and oxygen atoms in total. The molecule has 4 heteroatoms. The number of aliphatic imine (C=N–C) groups is 1. The fraction of sp³-hybridized carbons (Fsp3) is 0.111. The molecule has 0 bridgehead atoms. The number of rotatable bonds is 3. The number of nitrogens with one attached hydrogen (secondary N) is 1. The van der Waals surface area contributed by atoms with E-state index in [9.17, 15) is 4.79 Å². The summed E-state index contributed by atoms with van der Waals surface area (Å²) in [4.78, 5) is 16.5. The standard InChI is InChI=1S/C18H16N2O2/c1-12-6-3-4-9-15(12)17-19-16(18(21)20-17)11-13-7-5-8-14(10-13)22-2/h3-11H,1-2H3,(H,19,20,21)/b16-11+. The minimum atomic E-state index is -0.193. The molecule has 22 heavy (non-hydrogen) atoms. The number of ether oxygens (including phenoxy) is 1. The zero-order valence-corrected chi connectivity index (χ0v) is 12.5. The van der Waals surface area contributed by atoms with Crippen molar-refractivity contribution in [3.05, 3.63) is 70.9 Å². The van der Waals surface area contributed by atoms with E-state index < -0.39 is 0 Å². The number of hydrogen-bond acceptors (Lipinski definition) is 3. The summed E-state index contributed by atoms with van der Waals surface area (Å²) < 4.78 is 5.19. The molecule has 110 valence electrons. The maximum atomic E-state index is 12.1. The molecule has 3 rings (SSSR count). The van der Waals surface area contributed by atoms with Gasteiger partial charge in [0.2, 0.25) is 0 Å². The molecule has 0 spiro atoms. The Morgan fingerprint density at radius 2 is 1.95 bits per heavy atom. The molecule has 0 atom stereocenters. The molecule has 0 saturated heterocycles. The number of amidine groups is 1. The van der Waals surface area contributed by atoms with Crippen molar-refractivity contribution in [1.82, 2.24) is 5.32 Å². The van der Waals surface area contributed by atoms with Gasteiger partial charge in [-0.25, -0.2) is 4.99 Å². The third-order valence-corrected chi connectivity index (χ3v) is 3.49. The van der Waals surface area contributed by atoms with E-state index in [-0.39, 0.29) is 5.91 Å². The molecule has 0 saturated carbocycles. The summed E-state index contributed by atoms with van der Waals surface area (Å²) in [6, 6.07) is 15.3. The first-order chi connectivity index (χ1) is 10.7. The monoisotopic (exact) mass is 292 g/mol. The number of carbonyl (C=O) groups excluding carboxylic acids is 1. The molecule has 0 aromatic heterocycles. The van der Waals surface area contributed by atoms with Crippen LogP contribution in [0.4, 0.5) is 0 Å². The van der Waals surface area contributed by atoms with Gasteiger partial charge in [0.15, 0.2) is 0 Å². The number of carbonyl (C=O) groups is 1. The SMILES string of the molecule is COc1cccc(/C=C2/N=C(c3ccccc3C)NC2=O)c1. The van der Waals surface area contributed by atoms with Crippen LogP contribution in [0.1, 0.15) is 16.7 Å². The van der Waals surface area contributed by atoms with Gasteiger partial charge in [0.1, 0.15) is 17.3 Å². The number of aryl methyl sites for hydroxylation is 1. The molecule has 0 aliphatic carbocycles. The Hall–Kier alpha value is -2.88. The second-order valence-electron chi connectivity index (χ2n) is 5.04. The molecule has 2 aromatic carbocycles. The van der Waals surface area contributed by atoms with Gasteiger partial charge in [0.05, 0.1) is 7.11 Å². The lowest BCUT2D eigenvalue weighted by Crippen LogP contribution is -2.25. The van der Waals surface area contributed by atoms with E-state index in [4.69, 9.17) is 4.74 Å². The highest BCUT2D eigenvalue weighted by molar-refractivity contribution is 6.20. The lowest BCUT2D eigenvalue weighted by Gasteiger charge is -2.03. The molecule has 0 fully saturated rings. The highest BCUT2D eigenvalue weighted by Crippen LogP contribution is 2.19. The average molecular weight is 292 g/mol. The molecule has 0 radical (unpaired) electrons. The fourth-order valence-electron chi connectivity index (χ4n) is 2.32.